The molecule has 1 aromatic carbocycles. The van der Waals surface area contributed by atoms with Crippen LogP contribution in [0.2, 0.25) is 0 Å². The fourth-order valence-electron chi connectivity index (χ4n) is 3.18. The molecular formula is C20H18FN5O2. The van der Waals surface area contributed by atoms with Crippen molar-refractivity contribution in [1.29, 1.82) is 0 Å². The predicted molar refractivity (Wildman–Crippen MR) is 100 cm³/mol. The van der Waals surface area contributed by atoms with Crippen LogP contribution in [0.15, 0.2) is 61.1 Å². The Balaban J connectivity index is 1.35. The van der Waals surface area contributed by atoms with E-state index in [1.165, 1.54) is 11.0 Å². The number of carbonyl (C=O) groups is 2. The number of aromatic nitrogens is 3. The molecule has 2 amide bonds. The number of nitrogens with one attached hydrogen (secondary N) is 1. The molecule has 1 aliphatic heterocycles. The van der Waals surface area contributed by atoms with E-state index in [1.807, 2.05) is 18.2 Å². The van der Waals surface area contributed by atoms with Gasteiger partial charge in [-0.15, -0.1) is 0 Å². The molecule has 0 saturated carbocycles. The molecule has 3 aromatic rings. The van der Waals surface area contributed by atoms with Crippen molar-refractivity contribution in [3.8, 4) is 5.82 Å². The Morgan fingerprint density at radius 3 is 2.79 bits per heavy atom. The fraction of sp³-hybridized carbons (Fsp3) is 0.200. The van der Waals surface area contributed by atoms with Gasteiger partial charge in [0.2, 0.25) is 11.8 Å². The first-order chi connectivity index (χ1) is 13.6. The number of rotatable bonds is 5. The normalized spacial score (nSPS) is 16.4. The number of pyridine rings is 1. The monoisotopic (exact) mass is 379 g/mol. The van der Waals surface area contributed by atoms with Crippen molar-refractivity contribution in [2.24, 2.45) is 5.92 Å². The van der Waals surface area contributed by atoms with Gasteiger partial charge in [0.1, 0.15) is 5.82 Å². The number of para-hydroxylation sites is 1. The zero-order valence-electron chi connectivity index (χ0n) is 15.0. The highest BCUT2D eigenvalue weighted by Gasteiger charge is 2.35. The van der Waals surface area contributed by atoms with Crippen molar-refractivity contribution in [2.45, 2.75) is 13.0 Å². The quantitative estimate of drug-likeness (QED) is 0.736. The summed E-state index contributed by atoms with van der Waals surface area (Å²) in [4.78, 5) is 30.3. The molecule has 2 aromatic heterocycles. The van der Waals surface area contributed by atoms with Gasteiger partial charge >= 0.3 is 0 Å². The van der Waals surface area contributed by atoms with Gasteiger partial charge in [0.05, 0.1) is 11.6 Å². The van der Waals surface area contributed by atoms with Crippen LogP contribution in [0.3, 0.4) is 0 Å². The lowest BCUT2D eigenvalue weighted by atomic mass is 10.1. The molecule has 4 rings (SSSR count). The second-order valence-electron chi connectivity index (χ2n) is 6.55. The number of anilines is 1. The third kappa shape index (κ3) is 3.62. The first-order valence-corrected chi connectivity index (χ1v) is 8.89. The van der Waals surface area contributed by atoms with Gasteiger partial charge in [-0.2, -0.15) is 5.10 Å². The highest BCUT2D eigenvalue weighted by atomic mass is 19.1. The number of benzene rings is 1. The zero-order chi connectivity index (χ0) is 19.5. The van der Waals surface area contributed by atoms with Gasteiger partial charge < -0.3 is 10.2 Å². The largest absolute Gasteiger partial charge is 0.352 e. The molecule has 28 heavy (non-hydrogen) atoms. The van der Waals surface area contributed by atoms with E-state index < -0.39 is 11.7 Å². The first-order valence-electron chi connectivity index (χ1n) is 8.89. The van der Waals surface area contributed by atoms with Crippen LogP contribution in [0.25, 0.3) is 5.82 Å². The topological polar surface area (TPSA) is 80.1 Å². The minimum Gasteiger partial charge on any atom is -0.352 e. The van der Waals surface area contributed by atoms with Gasteiger partial charge in [-0.1, -0.05) is 18.2 Å². The van der Waals surface area contributed by atoms with Crippen LogP contribution >= 0.6 is 0 Å². The number of halogens is 1. The maximum absolute atomic E-state index is 13.9. The zero-order valence-corrected chi connectivity index (χ0v) is 15.0. The Labute approximate surface area is 160 Å². The molecule has 1 atom stereocenters. The third-order valence-corrected chi connectivity index (χ3v) is 4.65. The van der Waals surface area contributed by atoms with Gasteiger partial charge in [-0.3, -0.25) is 9.59 Å². The van der Waals surface area contributed by atoms with E-state index in [1.54, 1.807) is 41.5 Å². The second kappa shape index (κ2) is 7.59. The Kier molecular flexibility index (Phi) is 4.84. The Bertz CT molecular complexity index is 988. The summed E-state index contributed by atoms with van der Waals surface area (Å²) < 4.78 is 15.6. The van der Waals surface area contributed by atoms with E-state index in [4.69, 9.17) is 0 Å². The summed E-state index contributed by atoms with van der Waals surface area (Å²) in [5, 5.41) is 6.94. The average Bonchev–Trinajstić information content (AvgIpc) is 3.37. The lowest BCUT2D eigenvalue weighted by Gasteiger charge is -2.17. The van der Waals surface area contributed by atoms with Crippen molar-refractivity contribution in [3.05, 3.63) is 72.4 Å². The number of hydrogen-bond acceptors (Lipinski definition) is 4. The number of hydrogen-bond donors (Lipinski definition) is 1. The summed E-state index contributed by atoms with van der Waals surface area (Å²) in [5.41, 5.74) is 1.04. The highest BCUT2D eigenvalue weighted by Crippen LogP contribution is 2.27. The van der Waals surface area contributed by atoms with E-state index >= 15 is 0 Å². The SMILES string of the molecule is O=C(NCc1ccc(-n2cccn2)nc1)[C@H]1CC(=O)N(c2ccccc2F)C1. The van der Waals surface area contributed by atoms with Crippen molar-refractivity contribution < 1.29 is 14.0 Å². The van der Waals surface area contributed by atoms with E-state index in [-0.39, 0.29) is 30.5 Å². The van der Waals surface area contributed by atoms with Crippen LogP contribution in [0.5, 0.6) is 0 Å². The maximum atomic E-state index is 13.9. The first kappa shape index (κ1) is 17.8. The molecule has 1 aliphatic rings. The van der Waals surface area contributed by atoms with Gasteiger partial charge in [-0.25, -0.2) is 14.1 Å². The second-order valence-corrected chi connectivity index (χ2v) is 6.55. The molecule has 8 heteroatoms. The highest BCUT2D eigenvalue weighted by molar-refractivity contribution is 6.00. The van der Waals surface area contributed by atoms with Gasteiger partial charge in [0.25, 0.3) is 0 Å². The molecule has 1 N–H and O–H groups in total. The van der Waals surface area contributed by atoms with E-state index in [0.29, 0.717) is 12.4 Å². The van der Waals surface area contributed by atoms with Crippen LogP contribution in [-0.4, -0.2) is 33.1 Å². The average molecular weight is 379 g/mol. The van der Waals surface area contributed by atoms with Crippen LogP contribution in [0, 0.1) is 11.7 Å². The smallest absolute Gasteiger partial charge is 0.227 e. The van der Waals surface area contributed by atoms with Gasteiger partial charge in [0.15, 0.2) is 5.82 Å². The summed E-state index contributed by atoms with van der Waals surface area (Å²) in [6.07, 6.45) is 5.20. The van der Waals surface area contributed by atoms with E-state index in [2.05, 4.69) is 15.4 Å². The van der Waals surface area contributed by atoms with Crippen LogP contribution < -0.4 is 10.2 Å². The molecule has 3 heterocycles. The molecule has 0 aliphatic carbocycles. The lowest BCUT2D eigenvalue weighted by Crippen LogP contribution is -2.32. The van der Waals surface area contributed by atoms with Gasteiger partial charge in [-0.05, 0) is 29.8 Å². The summed E-state index contributed by atoms with van der Waals surface area (Å²) in [5.74, 6) is -0.788. The fourth-order valence-corrected chi connectivity index (χ4v) is 3.18. The molecule has 1 saturated heterocycles. The van der Waals surface area contributed by atoms with Crippen molar-refractivity contribution in [3.63, 3.8) is 0 Å². The molecule has 0 radical (unpaired) electrons. The summed E-state index contributed by atoms with van der Waals surface area (Å²) in [6.45, 7) is 0.470. The molecule has 0 unspecified atom stereocenters. The van der Waals surface area contributed by atoms with Crippen molar-refractivity contribution in [1.82, 2.24) is 20.1 Å². The van der Waals surface area contributed by atoms with E-state index in [0.717, 1.165) is 5.56 Å². The minimum atomic E-state index is -0.511. The molecule has 1 fully saturated rings. The van der Waals surface area contributed by atoms with Crippen molar-refractivity contribution in [2.75, 3.05) is 11.4 Å². The standard InChI is InChI=1S/C20H18FN5O2/c21-16-4-1-2-5-17(16)25-13-15(10-19(25)27)20(28)23-12-14-6-7-18(22-11-14)26-9-3-8-24-26/h1-9,11,15H,10,12-13H2,(H,23,28)/t15-/m0/s1. The third-order valence-electron chi connectivity index (χ3n) is 4.65. The number of amides is 2. The molecular weight excluding hydrogens is 361 g/mol. The number of nitrogens with zero attached hydrogens (tertiary/aromatic N) is 4. The molecule has 0 spiro atoms. The predicted octanol–water partition coefficient (Wildman–Crippen LogP) is 2.08. The van der Waals surface area contributed by atoms with E-state index in [9.17, 15) is 14.0 Å². The summed E-state index contributed by atoms with van der Waals surface area (Å²) in [7, 11) is 0. The molecule has 0 bridgehead atoms. The van der Waals surface area contributed by atoms with Crippen LogP contribution in [0.4, 0.5) is 10.1 Å². The lowest BCUT2D eigenvalue weighted by molar-refractivity contribution is -0.126. The number of carbonyl (C=O) groups excluding carboxylic acids is 2. The Morgan fingerprint density at radius 2 is 2.07 bits per heavy atom. The van der Waals surface area contributed by atoms with Crippen LogP contribution in [-0.2, 0) is 16.1 Å². The van der Waals surface area contributed by atoms with Gasteiger partial charge in [0, 0.05) is 38.1 Å². The minimum absolute atomic E-state index is 0.0661. The van der Waals surface area contributed by atoms with Crippen molar-refractivity contribution >= 4 is 17.5 Å². The van der Waals surface area contributed by atoms with Crippen LogP contribution in [0.1, 0.15) is 12.0 Å². The maximum Gasteiger partial charge on any atom is 0.227 e. The summed E-state index contributed by atoms with van der Waals surface area (Å²) >= 11 is 0. The molecule has 7 nitrogen and oxygen atoms in total. The summed E-state index contributed by atoms with van der Waals surface area (Å²) in [6, 6.07) is 11.6. The Hall–Kier alpha value is -3.55. The Morgan fingerprint density at radius 1 is 1.21 bits per heavy atom. The molecule has 142 valence electrons.